The number of piperidine rings is 1. The van der Waals surface area contributed by atoms with E-state index in [9.17, 15) is 0 Å². The van der Waals surface area contributed by atoms with Crippen molar-refractivity contribution in [2.45, 2.75) is 26.3 Å². The summed E-state index contributed by atoms with van der Waals surface area (Å²) in [6, 6.07) is 0. The molecule has 0 aliphatic carbocycles. The fourth-order valence-electron chi connectivity index (χ4n) is 2.29. The van der Waals surface area contributed by atoms with Gasteiger partial charge in [-0.1, -0.05) is 18.5 Å². The number of hydrogen-bond acceptors (Lipinski definition) is 4. The summed E-state index contributed by atoms with van der Waals surface area (Å²) in [6.07, 6.45) is 4.35. The number of halogens is 1. The summed E-state index contributed by atoms with van der Waals surface area (Å²) in [5, 5.41) is 4.54. The predicted molar refractivity (Wildman–Crippen MR) is 73.7 cm³/mol. The van der Waals surface area contributed by atoms with E-state index in [0.29, 0.717) is 0 Å². The zero-order valence-electron chi connectivity index (χ0n) is 10.3. The van der Waals surface area contributed by atoms with E-state index in [-0.39, 0.29) is 0 Å². The van der Waals surface area contributed by atoms with Crippen molar-refractivity contribution in [1.29, 1.82) is 0 Å². The predicted octanol–water partition coefficient (Wildman–Crippen LogP) is 2.62. The highest BCUT2D eigenvalue weighted by Crippen LogP contribution is 2.21. The third-order valence-electron chi connectivity index (χ3n) is 3.31. The Morgan fingerprint density at radius 2 is 2.29 bits per heavy atom. The molecule has 0 unspecified atom stereocenters. The Kier molecular flexibility index (Phi) is 5.22. The van der Waals surface area contributed by atoms with Gasteiger partial charge >= 0.3 is 0 Å². The fraction of sp³-hybridized carbons (Fsp3) is 0.750. The molecule has 1 fully saturated rings. The molecular formula is C12H20ClN3S. The van der Waals surface area contributed by atoms with Gasteiger partial charge in [-0.05, 0) is 38.4 Å². The number of thiazole rings is 1. The largest absolute Gasteiger partial charge is 0.317 e. The highest BCUT2D eigenvalue weighted by Gasteiger charge is 2.17. The maximum absolute atomic E-state index is 5.91. The van der Waals surface area contributed by atoms with Gasteiger partial charge in [-0.3, -0.25) is 4.90 Å². The molecule has 1 aliphatic rings. The van der Waals surface area contributed by atoms with Gasteiger partial charge in [0.05, 0.1) is 12.7 Å². The molecule has 0 aromatic carbocycles. The molecule has 17 heavy (non-hydrogen) atoms. The Morgan fingerprint density at radius 1 is 1.53 bits per heavy atom. The van der Waals surface area contributed by atoms with Crippen LogP contribution < -0.4 is 5.32 Å². The summed E-state index contributed by atoms with van der Waals surface area (Å²) in [7, 11) is 0. The maximum atomic E-state index is 5.91. The highest BCUT2D eigenvalue weighted by atomic mass is 35.5. The minimum atomic E-state index is 0.790. The van der Waals surface area contributed by atoms with Crippen LogP contribution in [0.15, 0.2) is 6.20 Å². The van der Waals surface area contributed by atoms with Crippen LogP contribution in [0, 0.1) is 5.92 Å². The second-order valence-electron chi connectivity index (χ2n) is 4.58. The Hall–Kier alpha value is -0.160. The Bertz CT molecular complexity index is 336. The van der Waals surface area contributed by atoms with Crippen LogP contribution in [0.5, 0.6) is 0 Å². The van der Waals surface area contributed by atoms with Crippen LogP contribution in [0.2, 0.25) is 4.34 Å². The van der Waals surface area contributed by atoms with Crippen molar-refractivity contribution in [2.75, 3.05) is 26.2 Å². The SMILES string of the molecule is CCN(Cc1ncc(Cl)s1)CC1CCNCC1. The van der Waals surface area contributed by atoms with Crippen LogP contribution in [-0.4, -0.2) is 36.1 Å². The average molecular weight is 274 g/mol. The second kappa shape index (κ2) is 6.69. The number of aromatic nitrogens is 1. The van der Waals surface area contributed by atoms with E-state index in [1.165, 1.54) is 32.5 Å². The molecule has 0 saturated carbocycles. The molecule has 3 nitrogen and oxygen atoms in total. The van der Waals surface area contributed by atoms with Gasteiger partial charge in [-0.2, -0.15) is 0 Å². The topological polar surface area (TPSA) is 28.2 Å². The minimum Gasteiger partial charge on any atom is -0.317 e. The summed E-state index contributed by atoms with van der Waals surface area (Å²) in [4.78, 5) is 6.81. The lowest BCUT2D eigenvalue weighted by molar-refractivity contribution is 0.207. The fourth-order valence-corrected chi connectivity index (χ4v) is 3.29. The quantitative estimate of drug-likeness (QED) is 0.894. The van der Waals surface area contributed by atoms with E-state index in [0.717, 1.165) is 28.4 Å². The normalized spacial score (nSPS) is 17.8. The van der Waals surface area contributed by atoms with Crippen LogP contribution in [0.25, 0.3) is 0 Å². The molecule has 96 valence electrons. The molecule has 0 atom stereocenters. The maximum Gasteiger partial charge on any atom is 0.113 e. The third-order valence-corrected chi connectivity index (χ3v) is 4.41. The van der Waals surface area contributed by atoms with Gasteiger partial charge in [0.15, 0.2) is 0 Å². The van der Waals surface area contributed by atoms with Crippen molar-refractivity contribution in [1.82, 2.24) is 15.2 Å². The highest BCUT2D eigenvalue weighted by molar-refractivity contribution is 7.15. The van der Waals surface area contributed by atoms with Crippen LogP contribution in [0.4, 0.5) is 0 Å². The summed E-state index contributed by atoms with van der Waals surface area (Å²) in [6.45, 7) is 7.78. The molecule has 0 spiro atoms. The summed E-state index contributed by atoms with van der Waals surface area (Å²) in [5.41, 5.74) is 0. The molecule has 0 bridgehead atoms. The average Bonchev–Trinajstić information content (AvgIpc) is 2.75. The van der Waals surface area contributed by atoms with Crippen molar-refractivity contribution >= 4 is 22.9 Å². The lowest BCUT2D eigenvalue weighted by atomic mass is 9.97. The zero-order valence-corrected chi connectivity index (χ0v) is 11.9. The van der Waals surface area contributed by atoms with E-state index in [4.69, 9.17) is 11.6 Å². The van der Waals surface area contributed by atoms with Crippen molar-refractivity contribution in [3.63, 3.8) is 0 Å². The van der Waals surface area contributed by atoms with Crippen LogP contribution in [-0.2, 0) is 6.54 Å². The van der Waals surface area contributed by atoms with Crippen molar-refractivity contribution in [3.8, 4) is 0 Å². The van der Waals surface area contributed by atoms with Crippen molar-refractivity contribution in [3.05, 3.63) is 15.5 Å². The molecule has 1 aliphatic heterocycles. The third kappa shape index (κ3) is 4.21. The molecule has 1 saturated heterocycles. The lowest BCUT2D eigenvalue weighted by Gasteiger charge is -2.28. The van der Waals surface area contributed by atoms with Gasteiger partial charge in [0.2, 0.25) is 0 Å². The van der Waals surface area contributed by atoms with Crippen molar-refractivity contribution in [2.24, 2.45) is 5.92 Å². The summed E-state index contributed by atoms with van der Waals surface area (Å²) < 4.78 is 0.790. The molecular weight excluding hydrogens is 254 g/mol. The number of rotatable bonds is 5. The first-order valence-electron chi connectivity index (χ1n) is 6.31. The molecule has 2 heterocycles. The molecule has 0 amide bonds. The monoisotopic (exact) mass is 273 g/mol. The van der Waals surface area contributed by atoms with Crippen LogP contribution >= 0.6 is 22.9 Å². The van der Waals surface area contributed by atoms with E-state index in [2.05, 4.69) is 22.1 Å². The minimum absolute atomic E-state index is 0.790. The van der Waals surface area contributed by atoms with Crippen molar-refractivity contribution < 1.29 is 0 Å². The molecule has 1 aromatic heterocycles. The van der Waals surface area contributed by atoms with Gasteiger partial charge in [-0.15, -0.1) is 11.3 Å². The van der Waals surface area contributed by atoms with Crippen LogP contribution in [0.1, 0.15) is 24.8 Å². The molecule has 1 N–H and O–H groups in total. The summed E-state index contributed by atoms with van der Waals surface area (Å²) in [5.74, 6) is 0.839. The van der Waals surface area contributed by atoms with Gasteiger partial charge in [0.25, 0.3) is 0 Å². The summed E-state index contributed by atoms with van der Waals surface area (Å²) >= 11 is 7.50. The lowest BCUT2D eigenvalue weighted by Crippen LogP contribution is -2.35. The van der Waals surface area contributed by atoms with Gasteiger partial charge in [0.1, 0.15) is 9.34 Å². The smallest absolute Gasteiger partial charge is 0.113 e. The van der Waals surface area contributed by atoms with E-state index in [1.807, 2.05) is 0 Å². The number of nitrogens with one attached hydrogen (secondary N) is 1. The molecule has 5 heteroatoms. The first-order valence-corrected chi connectivity index (χ1v) is 7.50. The van der Waals surface area contributed by atoms with Crippen LogP contribution in [0.3, 0.4) is 0 Å². The standard InChI is InChI=1S/C12H20ClN3S/c1-2-16(8-10-3-5-14-6-4-10)9-12-15-7-11(13)17-12/h7,10,14H,2-6,8-9H2,1H3. The van der Waals surface area contributed by atoms with Gasteiger partial charge in [0, 0.05) is 6.54 Å². The number of nitrogens with zero attached hydrogens (tertiary/aromatic N) is 2. The molecule has 1 aromatic rings. The Labute approximate surface area is 112 Å². The molecule has 0 radical (unpaired) electrons. The number of hydrogen-bond donors (Lipinski definition) is 1. The van der Waals surface area contributed by atoms with Gasteiger partial charge in [-0.25, -0.2) is 4.98 Å². The van der Waals surface area contributed by atoms with E-state index < -0.39 is 0 Å². The first kappa shape index (κ1) is 13.3. The van der Waals surface area contributed by atoms with Gasteiger partial charge < -0.3 is 5.32 Å². The van der Waals surface area contributed by atoms with E-state index in [1.54, 1.807) is 17.5 Å². The molecule has 2 rings (SSSR count). The van der Waals surface area contributed by atoms with E-state index >= 15 is 0 Å². The Balaban J connectivity index is 1.83. The second-order valence-corrected chi connectivity index (χ2v) is 6.33. The first-order chi connectivity index (χ1) is 8.28. The zero-order chi connectivity index (χ0) is 12.1. The Morgan fingerprint density at radius 3 is 2.88 bits per heavy atom.